The highest BCUT2D eigenvalue weighted by Crippen LogP contribution is 2.56. The van der Waals surface area contributed by atoms with Crippen molar-refractivity contribution < 1.29 is 19.1 Å². The smallest absolute Gasteiger partial charge is 0.328 e. The molecule has 35 heavy (non-hydrogen) atoms. The molecule has 4 aromatic carbocycles. The van der Waals surface area contributed by atoms with E-state index < -0.39 is 17.4 Å². The Hall–Kier alpha value is -3.92. The van der Waals surface area contributed by atoms with Gasteiger partial charge in [0.25, 0.3) is 0 Å². The number of carbonyl (C=O) groups excluding carboxylic acids is 2. The standard InChI is InChI=1S/C31H26O4/c1-3-34-29(32)31(30(33)35-4-2)18-21-14-10-16-23-25(19-11-6-5-7-12-19)27-22-15-9-8-13-20(22)17-24(27)28(31)26(21)23/h5-16H,3-4,17-18H2,1-2H3. The number of fused-ring (bicyclic) bond motifs is 4. The van der Waals surface area contributed by atoms with Gasteiger partial charge in [-0.2, -0.15) is 0 Å². The molecule has 4 heteroatoms. The normalized spacial score (nSPS) is 14.5. The van der Waals surface area contributed by atoms with Gasteiger partial charge in [-0.05, 0) is 75.5 Å². The van der Waals surface area contributed by atoms with E-state index in [4.69, 9.17) is 9.47 Å². The van der Waals surface area contributed by atoms with E-state index in [0.717, 1.165) is 49.7 Å². The van der Waals surface area contributed by atoms with Gasteiger partial charge in [-0.25, -0.2) is 0 Å². The Bertz CT molecular complexity index is 1480. The molecule has 0 spiro atoms. The van der Waals surface area contributed by atoms with Crippen LogP contribution in [0.4, 0.5) is 0 Å². The molecule has 0 heterocycles. The van der Waals surface area contributed by atoms with Gasteiger partial charge in [0.2, 0.25) is 0 Å². The zero-order chi connectivity index (χ0) is 24.2. The maximum Gasteiger partial charge on any atom is 0.328 e. The summed E-state index contributed by atoms with van der Waals surface area (Å²) in [6.07, 6.45) is 0.907. The molecule has 0 saturated carbocycles. The van der Waals surface area contributed by atoms with Crippen molar-refractivity contribution in [2.24, 2.45) is 0 Å². The number of hydrogen-bond acceptors (Lipinski definition) is 4. The van der Waals surface area contributed by atoms with Crippen molar-refractivity contribution >= 4 is 22.7 Å². The molecule has 6 rings (SSSR count). The lowest BCUT2D eigenvalue weighted by Crippen LogP contribution is -2.46. The number of esters is 2. The second-order valence-electron chi connectivity index (χ2n) is 9.17. The SMILES string of the molecule is CCOC(=O)C1(C(=O)OCC)Cc2cccc3c(-c4ccccc4)c4c(c1c23)Cc1ccccc1-4. The molecule has 0 atom stereocenters. The molecule has 0 fully saturated rings. The predicted octanol–water partition coefficient (Wildman–Crippen LogP) is 6.00. The lowest BCUT2D eigenvalue weighted by molar-refractivity contribution is -0.164. The molecule has 174 valence electrons. The quantitative estimate of drug-likeness (QED) is 0.238. The van der Waals surface area contributed by atoms with Crippen molar-refractivity contribution in [1.29, 1.82) is 0 Å². The molecule has 2 aliphatic rings. The van der Waals surface area contributed by atoms with E-state index in [9.17, 15) is 9.59 Å². The fraction of sp³-hybridized carbons (Fsp3) is 0.226. The van der Waals surface area contributed by atoms with Gasteiger partial charge in [0.15, 0.2) is 5.41 Å². The van der Waals surface area contributed by atoms with Crippen LogP contribution in [0.5, 0.6) is 0 Å². The second-order valence-corrected chi connectivity index (χ2v) is 9.17. The molecule has 0 aliphatic heterocycles. The maximum atomic E-state index is 13.7. The van der Waals surface area contributed by atoms with E-state index in [1.54, 1.807) is 13.8 Å². The maximum absolute atomic E-state index is 13.7. The van der Waals surface area contributed by atoms with Crippen LogP contribution in [0.3, 0.4) is 0 Å². The van der Waals surface area contributed by atoms with Crippen LogP contribution in [0, 0.1) is 0 Å². The third-order valence-corrected chi connectivity index (χ3v) is 7.37. The highest BCUT2D eigenvalue weighted by atomic mass is 16.6. The molecule has 0 amide bonds. The van der Waals surface area contributed by atoms with Crippen LogP contribution in [0.2, 0.25) is 0 Å². The van der Waals surface area contributed by atoms with Gasteiger partial charge in [0.05, 0.1) is 13.2 Å². The topological polar surface area (TPSA) is 52.6 Å². The number of benzene rings is 4. The fourth-order valence-corrected chi connectivity index (χ4v) is 6.09. The molecule has 0 N–H and O–H groups in total. The molecular formula is C31H26O4. The molecule has 0 unspecified atom stereocenters. The third kappa shape index (κ3) is 2.92. The molecule has 0 aromatic heterocycles. The van der Waals surface area contributed by atoms with Gasteiger partial charge in [0.1, 0.15) is 0 Å². The summed E-state index contributed by atoms with van der Waals surface area (Å²) in [6, 6.07) is 24.9. The van der Waals surface area contributed by atoms with Crippen LogP contribution in [0.25, 0.3) is 33.0 Å². The first-order valence-corrected chi connectivity index (χ1v) is 12.2. The van der Waals surface area contributed by atoms with Crippen molar-refractivity contribution in [3.05, 3.63) is 95.1 Å². The minimum Gasteiger partial charge on any atom is -0.465 e. The van der Waals surface area contributed by atoms with Crippen LogP contribution in [0.1, 0.15) is 36.1 Å². The number of ether oxygens (including phenoxy) is 2. The summed E-state index contributed by atoms with van der Waals surface area (Å²) < 4.78 is 11.1. The highest BCUT2D eigenvalue weighted by Gasteiger charge is 2.57. The first-order chi connectivity index (χ1) is 17.1. The van der Waals surface area contributed by atoms with E-state index in [1.165, 1.54) is 5.56 Å². The van der Waals surface area contributed by atoms with Crippen molar-refractivity contribution in [1.82, 2.24) is 0 Å². The summed E-state index contributed by atoms with van der Waals surface area (Å²) in [7, 11) is 0. The Kier molecular flexibility index (Phi) is 4.99. The molecule has 4 aromatic rings. The lowest BCUT2D eigenvalue weighted by atomic mass is 9.76. The van der Waals surface area contributed by atoms with Crippen molar-refractivity contribution in [2.75, 3.05) is 13.2 Å². The highest BCUT2D eigenvalue weighted by molar-refractivity contribution is 6.19. The van der Waals surface area contributed by atoms with Gasteiger partial charge in [-0.1, -0.05) is 72.8 Å². The first kappa shape index (κ1) is 21.6. The van der Waals surface area contributed by atoms with Crippen LogP contribution >= 0.6 is 0 Å². The molecule has 4 nitrogen and oxygen atoms in total. The fourth-order valence-electron chi connectivity index (χ4n) is 6.09. The Morgan fingerprint density at radius 1 is 0.771 bits per heavy atom. The minimum absolute atomic E-state index is 0.198. The summed E-state index contributed by atoms with van der Waals surface area (Å²) >= 11 is 0. The minimum atomic E-state index is -1.50. The summed E-state index contributed by atoms with van der Waals surface area (Å²) in [4.78, 5) is 27.4. The molecular weight excluding hydrogens is 436 g/mol. The molecule has 2 aliphatic carbocycles. The Labute approximate surface area is 204 Å². The number of rotatable bonds is 5. The zero-order valence-corrected chi connectivity index (χ0v) is 19.9. The van der Waals surface area contributed by atoms with Gasteiger partial charge in [-0.15, -0.1) is 0 Å². The molecule has 0 saturated heterocycles. The molecule has 0 bridgehead atoms. The van der Waals surface area contributed by atoms with Crippen LogP contribution < -0.4 is 0 Å². The van der Waals surface area contributed by atoms with Crippen molar-refractivity contribution in [3.63, 3.8) is 0 Å². The Morgan fingerprint density at radius 2 is 1.43 bits per heavy atom. The van der Waals surface area contributed by atoms with Crippen molar-refractivity contribution in [2.45, 2.75) is 32.1 Å². The van der Waals surface area contributed by atoms with Gasteiger partial charge in [-0.3, -0.25) is 9.59 Å². The predicted molar refractivity (Wildman–Crippen MR) is 136 cm³/mol. The average Bonchev–Trinajstić information content (AvgIpc) is 3.43. The van der Waals surface area contributed by atoms with Gasteiger partial charge < -0.3 is 9.47 Å². The second kappa shape index (κ2) is 8.09. The number of carbonyl (C=O) groups is 2. The van der Waals surface area contributed by atoms with E-state index >= 15 is 0 Å². The van der Waals surface area contributed by atoms with E-state index in [-0.39, 0.29) is 19.6 Å². The Balaban J connectivity index is 1.79. The Morgan fingerprint density at radius 3 is 2.14 bits per heavy atom. The average molecular weight is 463 g/mol. The van der Waals surface area contributed by atoms with Crippen LogP contribution in [-0.4, -0.2) is 25.2 Å². The first-order valence-electron chi connectivity index (χ1n) is 12.2. The summed E-state index contributed by atoms with van der Waals surface area (Å²) in [5.74, 6) is -1.05. The van der Waals surface area contributed by atoms with E-state index in [1.807, 2.05) is 42.5 Å². The van der Waals surface area contributed by atoms with Gasteiger partial charge >= 0.3 is 11.9 Å². The largest absolute Gasteiger partial charge is 0.465 e. The van der Waals surface area contributed by atoms with Crippen LogP contribution in [-0.2, 0) is 37.3 Å². The van der Waals surface area contributed by atoms with Crippen LogP contribution in [0.15, 0.2) is 72.8 Å². The summed E-state index contributed by atoms with van der Waals surface area (Å²) in [5, 5.41) is 2.04. The van der Waals surface area contributed by atoms with Crippen molar-refractivity contribution in [3.8, 4) is 22.3 Å². The summed E-state index contributed by atoms with van der Waals surface area (Å²) in [5.41, 5.74) is 6.99. The zero-order valence-electron chi connectivity index (χ0n) is 19.9. The van der Waals surface area contributed by atoms with Gasteiger partial charge in [0, 0.05) is 6.42 Å². The number of hydrogen-bond donors (Lipinski definition) is 0. The molecule has 0 radical (unpaired) electrons. The lowest BCUT2D eigenvalue weighted by Gasteiger charge is -2.28. The van der Waals surface area contributed by atoms with E-state index in [0.29, 0.717) is 6.42 Å². The summed E-state index contributed by atoms with van der Waals surface area (Å²) in [6.45, 7) is 3.94. The van der Waals surface area contributed by atoms with E-state index in [2.05, 4.69) is 30.3 Å². The third-order valence-electron chi connectivity index (χ3n) is 7.37. The monoisotopic (exact) mass is 462 g/mol.